The SMILES string of the molecule is CCOCC(O)COC1CCC(=O)CC1. The zero-order chi connectivity index (χ0) is 11.1. The lowest BCUT2D eigenvalue weighted by Crippen LogP contribution is -2.28. The average molecular weight is 216 g/mol. The zero-order valence-electron chi connectivity index (χ0n) is 9.28. The van der Waals surface area contributed by atoms with E-state index in [4.69, 9.17) is 9.47 Å². The minimum absolute atomic E-state index is 0.138. The minimum Gasteiger partial charge on any atom is -0.388 e. The fraction of sp³-hybridized carbons (Fsp3) is 0.909. The second kappa shape index (κ2) is 6.93. The van der Waals surface area contributed by atoms with E-state index in [-0.39, 0.29) is 6.10 Å². The van der Waals surface area contributed by atoms with Gasteiger partial charge in [0.1, 0.15) is 11.9 Å². The fourth-order valence-corrected chi connectivity index (χ4v) is 1.63. The predicted octanol–water partition coefficient (Wildman–Crippen LogP) is 0.912. The van der Waals surface area contributed by atoms with Crippen molar-refractivity contribution >= 4 is 5.78 Å². The maximum Gasteiger partial charge on any atom is 0.133 e. The van der Waals surface area contributed by atoms with E-state index in [2.05, 4.69) is 0 Å². The van der Waals surface area contributed by atoms with E-state index < -0.39 is 6.10 Å². The summed E-state index contributed by atoms with van der Waals surface area (Å²) in [6.45, 7) is 3.12. The lowest BCUT2D eigenvalue weighted by molar-refractivity contribution is -0.124. The van der Waals surface area contributed by atoms with Crippen LogP contribution >= 0.6 is 0 Å². The van der Waals surface area contributed by atoms with Crippen LogP contribution in [0.5, 0.6) is 0 Å². The summed E-state index contributed by atoms with van der Waals surface area (Å²) >= 11 is 0. The molecular formula is C11H20O4. The lowest BCUT2D eigenvalue weighted by atomic mass is 9.96. The van der Waals surface area contributed by atoms with Crippen LogP contribution in [0.3, 0.4) is 0 Å². The van der Waals surface area contributed by atoms with Crippen LogP contribution in [-0.2, 0) is 14.3 Å². The van der Waals surface area contributed by atoms with Gasteiger partial charge in [-0.25, -0.2) is 0 Å². The Labute approximate surface area is 90.6 Å². The number of carbonyl (C=O) groups excluding carboxylic acids is 1. The first-order valence-electron chi connectivity index (χ1n) is 5.61. The maximum atomic E-state index is 11.0. The smallest absolute Gasteiger partial charge is 0.133 e. The molecule has 1 fully saturated rings. The first-order chi connectivity index (χ1) is 7.22. The van der Waals surface area contributed by atoms with Crippen LogP contribution in [0.15, 0.2) is 0 Å². The third kappa shape index (κ3) is 5.25. The number of aliphatic hydroxyl groups excluding tert-OH is 1. The molecule has 4 nitrogen and oxygen atoms in total. The van der Waals surface area contributed by atoms with Crippen LogP contribution in [0, 0.1) is 0 Å². The van der Waals surface area contributed by atoms with Gasteiger partial charge < -0.3 is 14.6 Å². The van der Waals surface area contributed by atoms with Gasteiger partial charge in [-0.2, -0.15) is 0 Å². The molecule has 0 amide bonds. The highest BCUT2D eigenvalue weighted by molar-refractivity contribution is 5.79. The highest BCUT2D eigenvalue weighted by Crippen LogP contribution is 2.17. The van der Waals surface area contributed by atoms with Gasteiger partial charge in [0.2, 0.25) is 0 Å². The van der Waals surface area contributed by atoms with Crippen molar-refractivity contribution in [2.45, 2.75) is 44.8 Å². The van der Waals surface area contributed by atoms with Crippen LogP contribution in [0.4, 0.5) is 0 Å². The second-order valence-corrected chi connectivity index (χ2v) is 3.88. The standard InChI is InChI=1S/C11H20O4/c1-2-14-7-10(13)8-15-11-5-3-9(12)4-6-11/h10-11,13H,2-8H2,1H3. The van der Waals surface area contributed by atoms with E-state index in [1.54, 1.807) is 0 Å². The molecule has 0 aromatic heterocycles. The van der Waals surface area contributed by atoms with Crippen LogP contribution in [-0.4, -0.2) is 42.9 Å². The van der Waals surface area contributed by atoms with E-state index in [0.717, 1.165) is 12.8 Å². The van der Waals surface area contributed by atoms with Crippen molar-refractivity contribution in [1.29, 1.82) is 0 Å². The molecule has 0 aromatic rings. The van der Waals surface area contributed by atoms with Gasteiger partial charge in [0, 0.05) is 19.4 Å². The number of hydrogen-bond donors (Lipinski definition) is 1. The summed E-state index contributed by atoms with van der Waals surface area (Å²) in [6, 6.07) is 0. The van der Waals surface area contributed by atoms with E-state index in [1.807, 2.05) is 6.92 Å². The third-order valence-electron chi connectivity index (χ3n) is 2.53. The average Bonchev–Trinajstić information content (AvgIpc) is 2.25. The number of carbonyl (C=O) groups is 1. The van der Waals surface area contributed by atoms with Crippen molar-refractivity contribution in [3.63, 3.8) is 0 Å². The molecule has 1 saturated carbocycles. The molecular weight excluding hydrogens is 196 g/mol. The summed E-state index contributed by atoms with van der Waals surface area (Å²) in [5.41, 5.74) is 0. The summed E-state index contributed by atoms with van der Waals surface area (Å²) in [4.78, 5) is 11.0. The maximum absolute atomic E-state index is 11.0. The Morgan fingerprint density at radius 3 is 2.67 bits per heavy atom. The normalized spacial score (nSPS) is 20.5. The van der Waals surface area contributed by atoms with Gasteiger partial charge in [-0.3, -0.25) is 4.79 Å². The summed E-state index contributed by atoms with van der Waals surface area (Å²) in [6.07, 6.45) is 2.40. The van der Waals surface area contributed by atoms with Gasteiger partial charge in [-0.15, -0.1) is 0 Å². The molecule has 0 aliphatic heterocycles. The Hall–Kier alpha value is -0.450. The number of Topliss-reactive ketones (excluding diaryl/α,β-unsaturated/α-hetero) is 1. The Bertz CT molecular complexity index is 183. The van der Waals surface area contributed by atoms with Crippen LogP contribution in [0.1, 0.15) is 32.6 Å². The fourth-order valence-electron chi connectivity index (χ4n) is 1.63. The Morgan fingerprint density at radius 2 is 2.07 bits per heavy atom. The van der Waals surface area contributed by atoms with Gasteiger partial charge in [0.15, 0.2) is 0 Å². The van der Waals surface area contributed by atoms with E-state index in [0.29, 0.717) is 38.4 Å². The molecule has 1 atom stereocenters. The molecule has 0 saturated heterocycles. The highest BCUT2D eigenvalue weighted by Gasteiger charge is 2.19. The van der Waals surface area contributed by atoms with Gasteiger partial charge in [-0.05, 0) is 19.8 Å². The number of hydrogen-bond acceptors (Lipinski definition) is 4. The largest absolute Gasteiger partial charge is 0.388 e. The molecule has 1 N–H and O–H groups in total. The Morgan fingerprint density at radius 1 is 1.40 bits per heavy atom. The molecule has 0 bridgehead atoms. The summed E-state index contributed by atoms with van der Waals surface area (Å²) in [7, 11) is 0. The Kier molecular flexibility index (Phi) is 5.83. The third-order valence-corrected chi connectivity index (χ3v) is 2.53. The van der Waals surface area contributed by atoms with E-state index in [1.165, 1.54) is 0 Å². The first-order valence-corrected chi connectivity index (χ1v) is 5.61. The number of rotatable bonds is 6. The van der Waals surface area contributed by atoms with Gasteiger partial charge in [-0.1, -0.05) is 0 Å². The molecule has 1 rings (SSSR count). The minimum atomic E-state index is -0.553. The molecule has 1 aliphatic carbocycles. The van der Waals surface area contributed by atoms with Crippen molar-refractivity contribution in [1.82, 2.24) is 0 Å². The predicted molar refractivity (Wildman–Crippen MR) is 55.7 cm³/mol. The monoisotopic (exact) mass is 216 g/mol. The quantitative estimate of drug-likeness (QED) is 0.717. The molecule has 0 heterocycles. The molecule has 15 heavy (non-hydrogen) atoms. The van der Waals surface area contributed by atoms with E-state index >= 15 is 0 Å². The molecule has 0 aromatic carbocycles. The molecule has 1 aliphatic rings. The Balaban J connectivity index is 2.06. The summed E-state index contributed by atoms with van der Waals surface area (Å²) in [5, 5.41) is 9.45. The number of ether oxygens (including phenoxy) is 2. The first kappa shape index (κ1) is 12.6. The molecule has 0 spiro atoms. The van der Waals surface area contributed by atoms with Gasteiger partial charge in [0.25, 0.3) is 0 Å². The zero-order valence-corrected chi connectivity index (χ0v) is 9.28. The number of aliphatic hydroxyl groups is 1. The topological polar surface area (TPSA) is 55.8 Å². The molecule has 1 unspecified atom stereocenters. The summed E-state index contributed by atoms with van der Waals surface area (Å²) in [5.74, 6) is 0.324. The van der Waals surface area contributed by atoms with Crippen LogP contribution in [0.25, 0.3) is 0 Å². The number of ketones is 1. The van der Waals surface area contributed by atoms with Crippen molar-refractivity contribution in [3.8, 4) is 0 Å². The second-order valence-electron chi connectivity index (χ2n) is 3.88. The van der Waals surface area contributed by atoms with Crippen molar-refractivity contribution in [2.75, 3.05) is 19.8 Å². The molecule has 88 valence electrons. The highest BCUT2D eigenvalue weighted by atomic mass is 16.5. The molecule has 0 radical (unpaired) electrons. The lowest BCUT2D eigenvalue weighted by Gasteiger charge is -2.22. The van der Waals surface area contributed by atoms with Crippen LogP contribution < -0.4 is 0 Å². The van der Waals surface area contributed by atoms with Crippen molar-refractivity contribution in [3.05, 3.63) is 0 Å². The summed E-state index contributed by atoms with van der Waals surface area (Å²) < 4.78 is 10.6. The molecule has 4 heteroatoms. The van der Waals surface area contributed by atoms with Gasteiger partial charge >= 0.3 is 0 Å². The van der Waals surface area contributed by atoms with Crippen LogP contribution in [0.2, 0.25) is 0 Å². The van der Waals surface area contributed by atoms with Crippen molar-refractivity contribution in [2.24, 2.45) is 0 Å². The van der Waals surface area contributed by atoms with Crippen molar-refractivity contribution < 1.29 is 19.4 Å². The van der Waals surface area contributed by atoms with Gasteiger partial charge in [0.05, 0.1) is 19.3 Å². The van der Waals surface area contributed by atoms with E-state index in [9.17, 15) is 9.90 Å².